The molecule has 33 heavy (non-hydrogen) atoms. The quantitative estimate of drug-likeness (QED) is 0.436. The average Bonchev–Trinajstić information content (AvgIpc) is 3.59. The second-order valence-electron chi connectivity index (χ2n) is 8.59. The summed E-state index contributed by atoms with van der Waals surface area (Å²) < 4.78 is 2.00. The van der Waals surface area contributed by atoms with Crippen LogP contribution < -0.4 is 15.5 Å². The molecule has 0 atom stereocenters. The molecule has 0 aromatic carbocycles. The zero-order chi connectivity index (χ0) is 22.2. The third-order valence-electron chi connectivity index (χ3n) is 6.45. The fourth-order valence-corrected chi connectivity index (χ4v) is 4.74. The van der Waals surface area contributed by atoms with Gasteiger partial charge in [-0.1, -0.05) is 6.08 Å². The van der Waals surface area contributed by atoms with E-state index in [4.69, 9.17) is 5.10 Å². The lowest BCUT2D eigenvalue weighted by Gasteiger charge is -2.29. The highest BCUT2D eigenvalue weighted by atomic mass is 15.3. The van der Waals surface area contributed by atoms with Crippen LogP contribution in [-0.4, -0.2) is 56.0 Å². The van der Waals surface area contributed by atoms with Crippen LogP contribution in [0.4, 0.5) is 17.5 Å². The van der Waals surface area contributed by atoms with E-state index < -0.39 is 0 Å². The van der Waals surface area contributed by atoms with Crippen molar-refractivity contribution in [1.82, 2.24) is 35.1 Å². The Labute approximate surface area is 191 Å². The van der Waals surface area contributed by atoms with Crippen LogP contribution >= 0.6 is 0 Å². The third kappa shape index (κ3) is 3.74. The molecule has 6 rings (SSSR count). The molecule has 1 aliphatic carbocycles. The van der Waals surface area contributed by atoms with Crippen LogP contribution in [0.3, 0.4) is 0 Å². The van der Waals surface area contributed by atoms with Gasteiger partial charge in [0.05, 0.1) is 35.0 Å². The Morgan fingerprint density at radius 2 is 1.97 bits per heavy atom. The van der Waals surface area contributed by atoms with E-state index in [0.717, 1.165) is 78.6 Å². The second kappa shape index (κ2) is 8.32. The van der Waals surface area contributed by atoms with E-state index in [2.05, 4.69) is 53.9 Å². The first-order valence-electron chi connectivity index (χ1n) is 11.5. The number of nitrogens with zero attached hydrogens (tertiary/aromatic N) is 6. The van der Waals surface area contributed by atoms with Gasteiger partial charge < -0.3 is 15.5 Å². The monoisotopic (exact) mass is 441 g/mol. The number of fused-ring (bicyclic) bond motifs is 1. The molecule has 0 bridgehead atoms. The molecule has 3 N–H and O–H groups in total. The molecule has 1 saturated heterocycles. The summed E-state index contributed by atoms with van der Waals surface area (Å²) in [5, 5.41) is 18.8. The van der Waals surface area contributed by atoms with Gasteiger partial charge in [-0.25, -0.2) is 14.5 Å². The van der Waals surface area contributed by atoms with Crippen molar-refractivity contribution >= 4 is 28.5 Å². The zero-order valence-corrected chi connectivity index (χ0v) is 18.7. The third-order valence-corrected chi connectivity index (χ3v) is 6.45. The van der Waals surface area contributed by atoms with Crippen molar-refractivity contribution in [2.24, 2.45) is 0 Å². The summed E-state index contributed by atoms with van der Waals surface area (Å²) in [5.74, 6) is 1.25. The number of aryl methyl sites for hydroxylation is 1. The van der Waals surface area contributed by atoms with Crippen LogP contribution in [0, 0.1) is 6.92 Å². The molecule has 0 radical (unpaired) electrons. The number of rotatable bonds is 5. The molecule has 0 saturated carbocycles. The van der Waals surface area contributed by atoms with Crippen molar-refractivity contribution in [1.29, 1.82) is 0 Å². The van der Waals surface area contributed by atoms with Gasteiger partial charge in [-0.05, 0) is 50.0 Å². The molecular formula is C24H27N9. The van der Waals surface area contributed by atoms with Gasteiger partial charge in [0.15, 0.2) is 0 Å². The van der Waals surface area contributed by atoms with Gasteiger partial charge in [0, 0.05) is 43.5 Å². The van der Waals surface area contributed by atoms with Gasteiger partial charge in [0.1, 0.15) is 5.82 Å². The maximum absolute atomic E-state index is 4.85. The minimum absolute atomic E-state index is 0.524. The molecule has 168 valence electrons. The lowest BCUT2D eigenvalue weighted by atomic mass is 10.0. The molecule has 4 aromatic rings. The number of anilines is 3. The standard InChI is InChI=1S/C24H27N9/c1-16-21(15-28-30-16)20-12-19-14-27-24(31-33(19)23(20)17-4-2-3-5-17)29-22-7-6-18(13-26-22)32-10-8-25-9-11-32/h4,6-7,12-15,25H,2-3,5,8-11H2,1H3,(H,28,30)(H,26,29,31). The van der Waals surface area contributed by atoms with Gasteiger partial charge in [0.25, 0.3) is 0 Å². The average molecular weight is 442 g/mol. The Morgan fingerprint density at radius 1 is 1.06 bits per heavy atom. The van der Waals surface area contributed by atoms with Crippen LogP contribution in [0.15, 0.2) is 42.9 Å². The number of allylic oxidation sites excluding steroid dienone is 2. The Hall–Kier alpha value is -3.72. The predicted octanol–water partition coefficient (Wildman–Crippen LogP) is 3.54. The summed E-state index contributed by atoms with van der Waals surface area (Å²) in [6, 6.07) is 6.24. The Balaban J connectivity index is 1.34. The Morgan fingerprint density at radius 3 is 2.70 bits per heavy atom. The smallest absolute Gasteiger partial charge is 0.246 e. The first-order valence-corrected chi connectivity index (χ1v) is 11.5. The van der Waals surface area contributed by atoms with E-state index in [1.54, 1.807) is 0 Å². The highest BCUT2D eigenvalue weighted by Gasteiger charge is 2.21. The number of aromatic amines is 1. The molecular weight excluding hydrogens is 414 g/mol. The Bertz CT molecular complexity index is 1310. The van der Waals surface area contributed by atoms with Crippen LogP contribution in [0.25, 0.3) is 22.2 Å². The van der Waals surface area contributed by atoms with E-state index in [1.807, 2.05) is 36.1 Å². The molecule has 2 aliphatic rings. The fraction of sp³-hybridized carbons (Fsp3) is 0.333. The van der Waals surface area contributed by atoms with Gasteiger partial charge in [-0.3, -0.25) is 5.10 Å². The maximum Gasteiger partial charge on any atom is 0.246 e. The SMILES string of the molecule is Cc1n[nH]cc1-c1cc2cnc(Nc3ccc(N4CCNCC4)cn3)nn2c1C1=CCCC1. The van der Waals surface area contributed by atoms with Crippen LogP contribution in [-0.2, 0) is 0 Å². The number of hydrogen-bond acceptors (Lipinski definition) is 7. The molecule has 4 aromatic heterocycles. The first kappa shape index (κ1) is 19.9. The number of nitrogens with one attached hydrogen (secondary N) is 3. The van der Waals surface area contributed by atoms with Crippen molar-refractivity contribution < 1.29 is 0 Å². The molecule has 0 unspecified atom stereocenters. The summed E-state index contributed by atoms with van der Waals surface area (Å²) in [4.78, 5) is 11.5. The van der Waals surface area contributed by atoms with Gasteiger partial charge >= 0.3 is 0 Å². The summed E-state index contributed by atoms with van der Waals surface area (Å²) in [7, 11) is 0. The van der Waals surface area contributed by atoms with Gasteiger partial charge in [0.2, 0.25) is 5.95 Å². The molecule has 5 heterocycles. The molecule has 9 nitrogen and oxygen atoms in total. The largest absolute Gasteiger partial charge is 0.368 e. The maximum atomic E-state index is 4.85. The van der Waals surface area contributed by atoms with Crippen molar-refractivity contribution in [3.05, 3.63) is 54.3 Å². The minimum Gasteiger partial charge on any atom is -0.368 e. The second-order valence-corrected chi connectivity index (χ2v) is 8.59. The first-order chi connectivity index (χ1) is 16.3. The van der Waals surface area contributed by atoms with Gasteiger partial charge in [-0.2, -0.15) is 5.10 Å². The number of aromatic nitrogens is 6. The van der Waals surface area contributed by atoms with Crippen molar-refractivity contribution in [3.63, 3.8) is 0 Å². The fourth-order valence-electron chi connectivity index (χ4n) is 4.74. The predicted molar refractivity (Wildman–Crippen MR) is 130 cm³/mol. The molecule has 1 aliphatic heterocycles. The number of hydrogen-bond donors (Lipinski definition) is 3. The highest BCUT2D eigenvalue weighted by molar-refractivity contribution is 5.85. The van der Waals surface area contributed by atoms with Crippen LogP contribution in [0.1, 0.15) is 30.7 Å². The zero-order valence-electron chi connectivity index (χ0n) is 18.7. The van der Waals surface area contributed by atoms with E-state index in [0.29, 0.717) is 5.95 Å². The summed E-state index contributed by atoms with van der Waals surface area (Å²) in [5.41, 5.74) is 7.77. The summed E-state index contributed by atoms with van der Waals surface area (Å²) >= 11 is 0. The van der Waals surface area contributed by atoms with E-state index >= 15 is 0 Å². The topological polar surface area (TPSA) is 99.1 Å². The number of pyridine rings is 1. The summed E-state index contributed by atoms with van der Waals surface area (Å²) in [6.45, 7) is 6.03. The lowest BCUT2D eigenvalue weighted by Crippen LogP contribution is -2.43. The summed E-state index contributed by atoms with van der Waals surface area (Å²) in [6.07, 6.45) is 11.4. The Kier molecular flexibility index (Phi) is 5.03. The minimum atomic E-state index is 0.524. The normalized spacial score (nSPS) is 16.4. The molecule has 1 fully saturated rings. The van der Waals surface area contributed by atoms with Crippen molar-refractivity contribution in [3.8, 4) is 11.1 Å². The molecule has 0 spiro atoms. The van der Waals surface area contributed by atoms with E-state index in [1.165, 1.54) is 12.0 Å². The van der Waals surface area contributed by atoms with Crippen LogP contribution in [0.2, 0.25) is 0 Å². The number of piperazine rings is 1. The van der Waals surface area contributed by atoms with Gasteiger partial charge in [-0.15, -0.1) is 5.10 Å². The van der Waals surface area contributed by atoms with Crippen molar-refractivity contribution in [2.45, 2.75) is 26.2 Å². The van der Waals surface area contributed by atoms with E-state index in [9.17, 15) is 0 Å². The molecule has 9 heteroatoms. The van der Waals surface area contributed by atoms with Crippen LogP contribution in [0.5, 0.6) is 0 Å². The highest BCUT2D eigenvalue weighted by Crippen LogP contribution is 2.37. The number of H-pyrrole nitrogens is 1. The lowest BCUT2D eigenvalue weighted by molar-refractivity contribution is 0.589. The van der Waals surface area contributed by atoms with E-state index in [-0.39, 0.29) is 0 Å². The molecule has 0 amide bonds. The van der Waals surface area contributed by atoms with Crippen molar-refractivity contribution in [2.75, 3.05) is 36.4 Å².